The average Bonchev–Trinajstić information content (AvgIpc) is 2.68. The summed E-state index contributed by atoms with van der Waals surface area (Å²) in [4.78, 5) is 10.9. The Labute approximate surface area is 99.8 Å². The standard InChI is InChI=1S/C14H26O2/c1-11(2)13(9-15)10-16-14(12(3)4)7-5-6-8-14/h9,11-13H,5-8,10H2,1-4H3. The lowest BCUT2D eigenvalue weighted by atomic mass is 9.88. The second-order valence-electron chi connectivity index (χ2n) is 5.78. The number of aldehydes is 1. The topological polar surface area (TPSA) is 26.3 Å². The molecule has 2 heteroatoms. The molecule has 0 amide bonds. The van der Waals surface area contributed by atoms with E-state index < -0.39 is 0 Å². The molecule has 0 aliphatic heterocycles. The van der Waals surface area contributed by atoms with Crippen molar-refractivity contribution < 1.29 is 9.53 Å². The third kappa shape index (κ3) is 3.07. The zero-order valence-electron chi connectivity index (χ0n) is 11.2. The molecule has 0 aromatic carbocycles. The van der Waals surface area contributed by atoms with Crippen molar-refractivity contribution >= 4 is 6.29 Å². The van der Waals surface area contributed by atoms with Gasteiger partial charge in [0, 0.05) is 5.92 Å². The zero-order valence-corrected chi connectivity index (χ0v) is 11.2. The molecule has 1 rings (SSSR count). The van der Waals surface area contributed by atoms with Crippen LogP contribution in [0.1, 0.15) is 53.4 Å². The van der Waals surface area contributed by atoms with Gasteiger partial charge in [-0.1, -0.05) is 40.5 Å². The molecule has 0 aromatic heterocycles. The Kier molecular flexibility index (Phi) is 4.97. The summed E-state index contributed by atoms with van der Waals surface area (Å²) < 4.78 is 6.14. The number of ether oxygens (including phenoxy) is 1. The first-order chi connectivity index (χ1) is 7.52. The summed E-state index contributed by atoms with van der Waals surface area (Å²) in [5.74, 6) is 0.980. The van der Waals surface area contributed by atoms with E-state index in [1.165, 1.54) is 12.8 Å². The van der Waals surface area contributed by atoms with Crippen LogP contribution in [0.3, 0.4) is 0 Å². The number of hydrogen-bond donors (Lipinski definition) is 0. The molecule has 94 valence electrons. The van der Waals surface area contributed by atoms with E-state index in [0.29, 0.717) is 18.4 Å². The number of rotatable bonds is 6. The summed E-state index contributed by atoms with van der Waals surface area (Å²) in [7, 11) is 0. The van der Waals surface area contributed by atoms with Crippen molar-refractivity contribution in [1.29, 1.82) is 0 Å². The smallest absolute Gasteiger partial charge is 0.125 e. The first kappa shape index (κ1) is 13.7. The van der Waals surface area contributed by atoms with Gasteiger partial charge >= 0.3 is 0 Å². The molecule has 0 heterocycles. The van der Waals surface area contributed by atoms with Crippen molar-refractivity contribution in [1.82, 2.24) is 0 Å². The summed E-state index contributed by atoms with van der Waals surface area (Å²) >= 11 is 0. The molecule has 16 heavy (non-hydrogen) atoms. The molecular weight excluding hydrogens is 200 g/mol. The van der Waals surface area contributed by atoms with E-state index in [2.05, 4.69) is 27.7 Å². The fourth-order valence-corrected chi connectivity index (χ4v) is 2.51. The van der Waals surface area contributed by atoms with Gasteiger partial charge in [-0.15, -0.1) is 0 Å². The SMILES string of the molecule is CC(C)C(C=O)COC1(C(C)C)CCCC1. The van der Waals surface area contributed by atoms with Crippen molar-refractivity contribution in [3.63, 3.8) is 0 Å². The maximum atomic E-state index is 10.9. The van der Waals surface area contributed by atoms with E-state index in [9.17, 15) is 4.79 Å². The Hall–Kier alpha value is -0.370. The molecule has 0 bridgehead atoms. The van der Waals surface area contributed by atoms with Crippen molar-refractivity contribution in [2.24, 2.45) is 17.8 Å². The molecule has 1 saturated carbocycles. The summed E-state index contributed by atoms with van der Waals surface area (Å²) in [6.07, 6.45) is 5.91. The minimum Gasteiger partial charge on any atom is -0.374 e. The average molecular weight is 226 g/mol. The van der Waals surface area contributed by atoms with E-state index in [4.69, 9.17) is 4.74 Å². The summed E-state index contributed by atoms with van der Waals surface area (Å²) in [5.41, 5.74) is 0.0517. The highest BCUT2D eigenvalue weighted by molar-refractivity contribution is 5.53. The second-order valence-corrected chi connectivity index (χ2v) is 5.78. The highest BCUT2D eigenvalue weighted by Gasteiger charge is 2.38. The Balaban J connectivity index is 2.53. The van der Waals surface area contributed by atoms with E-state index in [1.807, 2.05) is 0 Å². The Bertz CT molecular complexity index is 215. The summed E-state index contributed by atoms with van der Waals surface area (Å²) in [6, 6.07) is 0. The molecule has 0 radical (unpaired) electrons. The van der Waals surface area contributed by atoms with Crippen LogP contribution in [0.4, 0.5) is 0 Å². The molecule has 1 unspecified atom stereocenters. The first-order valence-corrected chi connectivity index (χ1v) is 6.61. The quantitative estimate of drug-likeness (QED) is 0.648. The third-order valence-corrected chi connectivity index (χ3v) is 4.10. The van der Waals surface area contributed by atoms with Crippen LogP contribution < -0.4 is 0 Å². The van der Waals surface area contributed by atoms with Crippen LogP contribution in [0.15, 0.2) is 0 Å². The Morgan fingerprint density at radius 2 is 1.75 bits per heavy atom. The lowest BCUT2D eigenvalue weighted by Crippen LogP contribution is -2.37. The molecule has 0 saturated heterocycles. The highest BCUT2D eigenvalue weighted by Crippen LogP contribution is 2.39. The van der Waals surface area contributed by atoms with Crippen LogP contribution in [-0.4, -0.2) is 18.5 Å². The monoisotopic (exact) mass is 226 g/mol. The fraction of sp³-hybridized carbons (Fsp3) is 0.929. The highest BCUT2D eigenvalue weighted by atomic mass is 16.5. The molecule has 1 aliphatic carbocycles. The van der Waals surface area contributed by atoms with Crippen LogP contribution in [0.5, 0.6) is 0 Å². The van der Waals surface area contributed by atoms with Gasteiger partial charge in [-0.25, -0.2) is 0 Å². The van der Waals surface area contributed by atoms with Gasteiger partial charge < -0.3 is 9.53 Å². The van der Waals surface area contributed by atoms with Gasteiger partial charge in [0.15, 0.2) is 0 Å². The predicted molar refractivity (Wildman–Crippen MR) is 66.4 cm³/mol. The van der Waals surface area contributed by atoms with E-state index in [1.54, 1.807) is 0 Å². The molecular formula is C14H26O2. The number of carbonyl (C=O) groups excluding carboxylic acids is 1. The minimum atomic E-state index is 0.0517. The predicted octanol–water partition coefficient (Wildman–Crippen LogP) is 3.44. The molecule has 0 aromatic rings. The van der Waals surface area contributed by atoms with Gasteiger partial charge in [0.2, 0.25) is 0 Å². The maximum Gasteiger partial charge on any atom is 0.125 e. The Morgan fingerprint density at radius 3 is 2.12 bits per heavy atom. The summed E-state index contributed by atoms with van der Waals surface area (Å²) in [6.45, 7) is 9.23. The van der Waals surface area contributed by atoms with Crippen molar-refractivity contribution in [2.75, 3.05) is 6.61 Å². The first-order valence-electron chi connectivity index (χ1n) is 6.61. The molecule has 0 N–H and O–H groups in total. The fourth-order valence-electron chi connectivity index (χ4n) is 2.51. The minimum absolute atomic E-state index is 0.0517. The van der Waals surface area contributed by atoms with Gasteiger partial charge in [-0.05, 0) is 24.7 Å². The van der Waals surface area contributed by atoms with Crippen LogP contribution in [0, 0.1) is 17.8 Å². The number of carbonyl (C=O) groups is 1. The van der Waals surface area contributed by atoms with Gasteiger partial charge in [0.05, 0.1) is 12.2 Å². The van der Waals surface area contributed by atoms with Gasteiger partial charge in [-0.2, -0.15) is 0 Å². The largest absolute Gasteiger partial charge is 0.374 e. The van der Waals surface area contributed by atoms with Crippen LogP contribution in [0.2, 0.25) is 0 Å². The molecule has 1 atom stereocenters. The molecule has 1 fully saturated rings. The van der Waals surface area contributed by atoms with E-state index in [0.717, 1.165) is 19.1 Å². The molecule has 1 aliphatic rings. The lowest BCUT2D eigenvalue weighted by molar-refractivity contribution is -0.122. The van der Waals surface area contributed by atoms with Gasteiger partial charge in [0.1, 0.15) is 6.29 Å². The number of hydrogen-bond acceptors (Lipinski definition) is 2. The summed E-state index contributed by atoms with van der Waals surface area (Å²) in [5, 5.41) is 0. The third-order valence-electron chi connectivity index (χ3n) is 4.10. The molecule has 0 spiro atoms. The second kappa shape index (κ2) is 5.81. The normalized spacial score (nSPS) is 21.6. The van der Waals surface area contributed by atoms with Gasteiger partial charge in [0.25, 0.3) is 0 Å². The van der Waals surface area contributed by atoms with Gasteiger partial charge in [-0.3, -0.25) is 0 Å². The Morgan fingerprint density at radius 1 is 1.19 bits per heavy atom. The van der Waals surface area contributed by atoms with Crippen molar-refractivity contribution in [3.8, 4) is 0 Å². The van der Waals surface area contributed by atoms with Crippen LogP contribution >= 0.6 is 0 Å². The lowest BCUT2D eigenvalue weighted by Gasteiger charge is -2.35. The van der Waals surface area contributed by atoms with Crippen LogP contribution in [-0.2, 0) is 9.53 Å². The maximum absolute atomic E-state index is 10.9. The zero-order chi connectivity index (χ0) is 12.2. The molecule has 2 nitrogen and oxygen atoms in total. The van der Waals surface area contributed by atoms with Crippen molar-refractivity contribution in [2.45, 2.75) is 59.0 Å². The van der Waals surface area contributed by atoms with E-state index in [-0.39, 0.29) is 11.5 Å². The van der Waals surface area contributed by atoms with Crippen molar-refractivity contribution in [3.05, 3.63) is 0 Å². The van der Waals surface area contributed by atoms with E-state index >= 15 is 0 Å². The van der Waals surface area contributed by atoms with Crippen LogP contribution in [0.25, 0.3) is 0 Å².